The zero-order chi connectivity index (χ0) is 12.5. The zero-order valence-corrected chi connectivity index (χ0v) is 10.4. The lowest BCUT2D eigenvalue weighted by atomic mass is 10.1. The van der Waals surface area contributed by atoms with Crippen molar-refractivity contribution in [3.8, 4) is 5.75 Å². The average molecular weight is 238 g/mol. The van der Waals surface area contributed by atoms with Crippen LogP contribution in [0.5, 0.6) is 5.75 Å². The summed E-state index contributed by atoms with van der Waals surface area (Å²) in [4.78, 5) is 0. The van der Waals surface area contributed by atoms with E-state index >= 15 is 0 Å². The smallest absolute Gasteiger partial charge is 0.119 e. The van der Waals surface area contributed by atoms with E-state index in [4.69, 9.17) is 10.5 Å². The monoisotopic (exact) mass is 238 g/mol. The Balaban J connectivity index is 2.23. The van der Waals surface area contributed by atoms with E-state index in [1.54, 1.807) is 0 Å². The first kappa shape index (κ1) is 14.0. The lowest BCUT2D eigenvalue weighted by Crippen LogP contribution is -2.33. The normalized spacial score (nSPS) is 12.4. The van der Waals surface area contributed by atoms with Crippen molar-refractivity contribution in [2.24, 2.45) is 5.73 Å². The van der Waals surface area contributed by atoms with Crippen LogP contribution in [0.15, 0.2) is 24.3 Å². The highest BCUT2D eigenvalue weighted by Gasteiger charge is 1.99. The van der Waals surface area contributed by atoms with Crippen LogP contribution in [0.1, 0.15) is 12.5 Å². The largest absolute Gasteiger partial charge is 0.494 e. The fraction of sp³-hybridized carbons (Fsp3) is 0.538. The van der Waals surface area contributed by atoms with Crippen molar-refractivity contribution in [1.29, 1.82) is 0 Å². The fourth-order valence-corrected chi connectivity index (χ4v) is 1.50. The van der Waals surface area contributed by atoms with E-state index in [0.29, 0.717) is 19.7 Å². The molecular weight excluding hydrogens is 216 g/mol. The summed E-state index contributed by atoms with van der Waals surface area (Å²) in [5, 5.41) is 12.4. The number of nitrogens with two attached hydrogens (primary N) is 1. The molecule has 0 saturated carbocycles. The van der Waals surface area contributed by atoms with Gasteiger partial charge in [-0.3, -0.25) is 0 Å². The summed E-state index contributed by atoms with van der Waals surface area (Å²) in [5.41, 5.74) is 6.56. The molecule has 0 aromatic heterocycles. The van der Waals surface area contributed by atoms with Crippen molar-refractivity contribution in [3.63, 3.8) is 0 Å². The van der Waals surface area contributed by atoms with Crippen molar-refractivity contribution in [3.05, 3.63) is 29.8 Å². The van der Waals surface area contributed by atoms with Crippen LogP contribution in [0.2, 0.25) is 0 Å². The number of ether oxygens (including phenoxy) is 1. The van der Waals surface area contributed by atoms with Gasteiger partial charge in [0.25, 0.3) is 0 Å². The van der Waals surface area contributed by atoms with Crippen molar-refractivity contribution < 1.29 is 9.84 Å². The predicted molar refractivity (Wildman–Crippen MR) is 69.2 cm³/mol. The molecule has 4 nitrogen and oxygen atoms in total. The van der Waals surface area contributed by atoms with Gasteiger partial charge in [0.15, 0.2) is 0 Å². The molecule has 1 atom stereocenters. The summed E-state index contributed by atoms with van der Waals surface area (Å²) in [6.07, 6.45) is 0.485. The van der Waals surface area contributed by atoms with E-state index in [1.165, 1.54) is 5.56 Å². The van der Waals surface area contributed by atoms with Crippen LogP contribution < -0.4 is 15.8 Å². The number of rotatable bonds is 8. The molecule has 0 radical (unpaired) electrons. The molecule has 4 heteroatoms. The summed E-state index contributed by atoms with van der Waals surface area (Å²) in [5.74, 6) is 0.905. The molecule has 1 aromatic carbocycles. The van der Waals surface area contributed by atoms with Gasteiger partial charge in [0.2, 0.25) is 0 Å². The van der Waals surface area contributed by atoms with Crippen molar-refractivity contribution in [2.45, 2.75) is 19.4 Å². The molecule has 17 heavy (non-hydrogen) atoms. The number of aliphatic hydroxyl groups excluding tert-OH is 1. The van der Waals surface area contributed by atoms with Gasteiger partial charge in [0, 0.05) is 13.1 Å². The van der Waals surface area contributed by atoms with Crippen LogP contribution in [0.25, 0.3) is 0 Å². The number of hydrogen-bond acceptors (Lipinski definition) is 4. The van der Waals surface area contributed by atoms with Gasteiger partial charge in [-0.15, -0.1) is 0 Å². The Morgan fingerprint density at radius 3 is 2.65 bits per heavy atom. The Bertz CT molecular complexity index is 301. The van der Waals surface area contributed by atoms with Crippen LogP contribution in [0.4, 0.5) is 0 Å². The van der Waals surface area contributed by atoms with Crippen LogP contribution in [-0.2, 0) is 6.42 Å². The first-order valence-corrected chi connectivity index (χ1v) is 6.06. The topological polar surface area (TPSA) is 67.5 Å². The van der Waals surface area contributed by atoms with Gasteiger partial charge in [-0.05, 0) is 37.6 Å². The second kappa shape index (κ2) is 8.06. The fourth-order valence-electron chi connectivity index (χ4n) is 1.50. The summed E-state index contributed by atoms with van der Waals surface area (Å²) in [7, 11) is 0. The maximum absolute atomic E-state index is 9.25. The molecule has 4 N–H and O–H groups in total. The molecule has 1 aromatic rings. The van der Waals surface area contributed by atoms with E-state index in [0.717, 1.165) is 18.7 Å². The molecule has 0 bridgehead atoms. The highest BCUT2D eigenvalue weighted by molar-refractivity contribution is 5.27. The van der Waals surface area contributed by atoms with Gasteiger partial charge < -0.3 is 20.9 Å². The Labute approximate surface area is 103 Å². The highest BCUT2D eigenvalue weighted by atomic mass is 16.5. The quantitative estimate of drug-likeness (QED) is 0.578. The highest BCUT2D eigenvalue weighted by Crippen LogP contribution is 2.12. The Kier molecular flexibility index (Phi) is 6.62. The van der Waals surface area contributed by atoms with E-state index < -0.39 is 6.10 Å². The van der Waals surface area contributed by atoms with Crippen LogP contribution in [0, 0.1) is 0 Å². The van der Waals surface area contributed by atoms with Crippen LogP contribution in [-0.4, -0.2) is 37.5 Å². The number of aliphatic hydroxyl groups is 1. The standard InChI is InChI=1S/C13H22N2O2/c1-2-17-13-5-3-11(4-6-13)7-8-15-10-12(16)9-14/h3-6,12,15-16H,2,7-10,14H2,1H3. The summed E-state index contributed by atoms with van der Waals surface area (Å²) >= 11 is 0. The molecule has 0 aliphatic rings. The average Bonchev–Trinajstić information content (AvgIpc) is 2.36. The van der Waals surface area contributed by atoms with E-state index in [9.17, 15) is 5.11 Å². The van der Waals surface area contributed by atoms with Gasteiger partial charge in [0.05, 0.1) is 12.7 Å². The third kappa shape index (κ3) is 5.68. The van der Waals surface area contributed by atoms with Gasteiger partial charge in [-0.2, -0.15) is 0 Å². The second-order valence-corrected chi connectivity index (χ2v) is 3.92. The number of benzene rings is 1. The van der Waals surface area contributed by atoms with Gasteiger partial charge in [-0.25, -0.2) is 0 Å². The van der Waals surface area contributed by atoms with Crippen molar-refractivity contribution >= 4 is 0 Å². The molecule has 0 saturated heterocycles. The van der Waals surface area contributed by atoms with Crippen molar-refractivity contribution in [2.75, 3.05) is 26.2 Å². The summed E-state index contributed by atoms with van der Waals surface area (Å²) in [6, 6.07) is 8.08. The van der Waals surface area contributed by atoms with Gasteiger partial charge >= 0.3 is 0 Å². The molecule has 0 spiro atoms. The van der Waals surface area contributed by atoms with Crippen LogP contribution >= 0.6 is 0 Å². The molecule has 96 valence electrons. The van der Waals surface area contributed by atoms with E-state index in [2.05, 4.69) is 17.4 Å². The predicted octanol–water partition coefficient (Wildman–Crippen LogP) is 0.537. The maximum atomic E-state index is 9.25. The Morgan fingerprint density at radius 2 is 2.06 bits per heavy atom. The molecular formula is C13H22N2O2. The van der Waals surface area contributed by atoms with Crippen LogP contribution in [0.3, 0.4) is 0 Å². The van der Waals surface area contributed by atoms with Gasteiger partial charge in [0.1, 0.15) is 5.75 Å². The molecule has 0 aliphatic heterocycles. The first-order chi connectivity index (χ1) is 8.26. The molecule has 1 rings (SSSR count). The first-order valence-electron chi connectivity index (χ1n) is 6.06. The minimum absolute atomic E-state index is 0.302. The second-order valence-electron chi connectivity index (χ2n) is 3.92. The minimum Gasteiger partial charge on any atom is -0.494 e. The lowest BCUT2D eigenvalue weighted by molar-refractivity contribution is 0.180. The van der Waals surface area contributed by atoms with E-state index in [1.807, 2.05) is 19.1 Å². The minimum atomic E-state index is -0.449. The van der Waals surface area contributed by atoms with Gasteiger partial charge in [-0.1, -0.05) is 12.1 Å². The van der Waals surface area contributed by atoms with Crippen molar-refractivity contribution in [1.82, 2.24) is 5.32 Å². The van der Waals surface area contributed by atoms with E-state index in [-0.39, 0.29) is 0 Å². The maximum Gasteiger partial charge on any atom is 0.119 e. The number of nitrogens with one attached hydrogen (secondary N) is 1. The molecule has 0 amide bonds. The SMILES string of the molecule is CCOc1ccc(CCNCC(O)CN)cc1. The Morgan fingerprint density at radius 1 is 1.35 bits per heavy atom. The molecule has 1 unspecified atom stereocenters. The summed E-state index contributed by atoms with van der Waals surface area (Å²) in [6.45, 7) is 4.35. The third-order valence-corrected chi connectivity index (χ3v) is 2.48. The molecule has 0 fully saturated rings. The number of hydrogen-bond donors (Lipinski definition) is 3. The summed E-state index contributed by atoms with van der Waals surface area (Å²) < 4.78 is 5.37. The third-order valence-electron chi connectivity index (χ3n) is 2.48. The zero-order valence-electron chi connectivity index (χ0n) is 10.4. The molecule has 0 aliphatic carbocycles. The Hall–Kier alpha value is -1.10. The molecule has 0 heterocycles. The lowest BCUT2D eigenvalue weighted by Gasteiger charge is -2.09.